The fourth-order valence-electron chi connectivity index (χ4n) is 2.77. The van der Waals surface area contributed by atoms with Gasteiger partial charge in [0.05, 0.1) is 42.6 Å². The molecule has 0 aliphatic rings. The Kier molecular flexibility index (Phi) is 5.77. The standard InChI is InChI=1S/C19H16ClN5O4S/c1-28-15-5-4-11(7-14(15)20)25-18(27)13-9-22-24-17(13)23-19(25)30-10-16(26)21-8-12-3-2-6-29-12/h2-7,9H,8,10H2,1H3,(H,21,26)(H,22,24). The molecule has 3 heterocycles. The Hall–Kier alpha value is -3.24. The first-order chi connectivity index (χ1) is 14.6. The minimum absolute atomic E-state index is 0.0523. The Balaban J connectivity index is 1.63. The highest BCUT2D eigenvalue weighted by Gasteiger charge is 2.17. The van der Waals surface area contributed by atoms with Crippen molar-refractivity contribution >= 4 is 40.3 Å². The van der Waals surface area contributed by atoms with Gasteiger partial charge in [0.2, 0.25) is 5.91 Å². The number of carbonyl (C=O) groups excluding carboxylic acids is 1. The lowest BCUT2D eigenvalue weighted by atomic mass is 10.3. The summed E-state index contributed by atoms with van der Waals surface area (Å²) in [6.45, 7) is 0.278. The maximum atomic E-state index is 13.1. The van der Waals surface area contributed by atoms with Crippen molar-refractivity contribution in [2.45, 2.75) is 11.7 Å². The van der Waals surface area contributed by atoms with Gasteiger partial charge in [0.1, 0.15) is 16.9 Å². The average molecular weight is 446 g/mol. The summed E-state index contributed by atoms with van der Waals surface area (Å²) in [7, 11) is 1.51. The predicted molar refractivity (Wildman–Crippen MR) is 112 cm³/mol. The Morgan fingerprint density at radius 3 is 3.00 bits per heavy atom. The normalized spacial score (nSPS) is 11.0. The Morgan fingerprint density at radius 2 is 2.27 bits per heavy atom. The lowest BCUT2D eigenvalue weighted by Gasteiger charge is -2.13. The molecule has 0 saturated heterocycles. The van der Waals surface area contributed by atoms with E-state index in [2.05, 4.69) is 20.5 Å². The number of methoxy groups -OCH3 is 1. The zero-order valence-corrected chi connectivity index (χ0v) is 17.3. The number of ether oxygens (including phenoxy) is 1. The summed E-state index contributed by atoms with van der Waals surface area (Å²) < 4.78 is 11.8. The number of aromatic amines is 1. The van der Waals surface area contributed by atoms with Gasteiger partial charge in [-0.3, -0.25) is 19.3 Å². The van der Waals surface area contributed by atoms with E-state index in [1.165, 1.54) is 17.9 Å². The van der Waals surface area contributed by atoms with Crippen LogP contribution < -0.4 is 15.6 Å². The van der Waals surface area contributed by atoms with Gasteiger partial charge in [0.25, 0.3) is 5.56 Å². The van der Waals surface area contributed by atoms with E-state index in [4.69, 9.17) is 20.8 Å². The number of hydrogen-bond donors (Lipinski definition) is 2. The van der Waals surface area contributed by atoms with Gasteiger partial charge in [0, 0.05) is 0 Å². The van der Waals surface area contributed by atoms with Gasteiger partial charge < -0.3 is 14.5 Å². The first kappa shape index (κ1) is 20.0. The molecule has 1 aromatic carbocycles. The lowest BCUT2D eigenvalue weighted by molar-refractivity contribution is -0.118. The van der Waals surface area contributed by atoms with Gasteiger partial charge in [-0.15, -0.1) is 0 Å². The van der Waals surface area contributed by atoms with Crippen LogP contribution in [-0.2, 0) is 11.3 Å². The van der Waals surface area contributed by atoms with Crippen LogP contribution in [0.4, 0.5) is 0 Å². The molecule has 0 radical (unpaired) electrons. The van der Waals surface area contributed by atoms with Crippen LogP contribution in [-0.4, -0.2) is 38.5 Å². The summed E-state index contributed by atoms with van der Waals surface area (Å²) in [5.74, 6) is 0.957. The molecule has 9 nitrogen and oxygen atoms in total. The zero-order chi connectivity index (χ0) is 21.1. The molecule has 2 N–H and O–H groups in total. The van der Waals surface area contributed by atoms with Crippen molar-refractivity contribution in [2.24, 2.45) is 0 Å². The number of nitrogens with zero attached hydrogens (tertiary/aromatic N) is 3. The number of furan rings is 1. The monoisotopic (exact) mass is 445 g/mol. The minimum atomic E-state index is -0.325. The summed E-state index contributed by atoms with van der Waals surface area (Å²) in [5, 5.41) is 10.3. The number of rotatable bonds is 7. The second-order valence-electron chi connectivity index (χ2n) is 6.13. The average Bonchev–Trinajstić information content (AvgIpc) is 3.42. The van der Waals surface area contributed by atoms with Gasteiger partial charge >= 0.3 is 0 Å². The smallest absolute Gasteiger partial charge is 0.269 e. The summed E-state index contributed by atoms with van der Waals surface area (Å²) in [6.07, 6.45) is 2.95. The van der Waals surface area contributed by atoms with E-state index in [-0.39, 0.29) is 23.8 Å². The van der Waals surface area contributed by atoms with Crippen molar-refractivity contribution in [1.29, 1.82) is 0 Å². The molecule has 3 aromatic heterocycles. The number of thioether (sulfide) groups is 1. The van der Waals surface area contributed by atoms with Crippen LogP contribution in [0.1, 0.15) is 5.76 Å². The first-order valence-corrected chi connectivity index (χ1v) is 10.1. The van der Waals surface area contributed by atoms with Crippen LogP contribution in [0.3, 0.4) is 0 Å². The number of aromatic nitrogens is 4. The maximum absolute atomic E-state index is 13.1. The van der Waals surface area contributed by atoms with Gasteiger partial charge in [-0.05, 0) is 30.3 Å². The summed E-state index contributed by atoms with van der Waals surface area (Å²) in [4.78, 5) is 29.8. The van der Waals surface area contributed by atoms with Crippen molar-refractivity contribution in [2.75, 3.05) is 12.9 Å². The first-order valence-electron chi connectivity index (χ1n) is 8.78. The van der Waals surface area contributed by atoms with Gasteiger partial charge in [-0.1, -0.05) is 23.4 Å². The topological polar surface area (TPSA) is 115 Å². The Morgan fingerprint density at radius 1 is 1.40 bits per heavy atom. The summed E-state index contributed by atoms with van der Waals surface area (Å²) in [5.41, 5.74) is 0.516. The van der Waals surface area contributed by atoms with Crippen LogP contribution in [0.2, 0.25) is 5.02 Å². The van der Waals surface area contributed by atoms with Crippen LogP contribution in [0.25, 0.3) is 16.7 Å². The number of halogens is 1. The molecule has 4 rings (SSSR count). The van der Waals surface area contributed by atoms with E-state index < -0.39 is 0 Å². The van der Waals surface area contributed by atoms with E-state index >= 15 is 0 Å². The van der Waals surface area contributed by atoms with E-state index in [9.17, 15) is 9.59 Å². The number of benzene rings is 1. The van der Waals surface area contributed by atoms with Crippen molar-refractivity contribution < 1.29 is 13.9 Å². The van der Waals surface area contributed by atoms with Crippen molar-refractivity contribution in [3.8, 4) is 11.4 Å². The van der Waals surface area contributed by atoms with Crippen LogP contribution >= 0.6 is 23.4 Å². The SMILES string of the molecule is COc1ccc(-n2c(SCC(=O)NCc3ccco3)nc3[nH]ncc3c2=O)cc1Cl. The molecular weight excluding hydrogens is 430 g/mol. The van der Waals surface area contributed by atoms with E-state index in [1.807, 2.05) is 0 Å². The van der Waals surface area contributed by atoms with Crippen molar-refractivity contribution in [1.82, 2.24) is 25.1 Å². The Labute approximate surface area is 179 Å². The predicted octanol–water partition coefficient (Wildman–Crippen LogP) is 2.77. The molecular formula is C19H16ClN5O4S. The minimum Gasteiger partial charge on any atom is -0.495 e. The molecule has 4 aromatic rings. The second kappa shape index (κ2) is 8.64. The highest BCUT2D eigenvalue weighted by molar-refractivity contribution is 7.99. The molecule has 30 heavy (non-hydrogen) atoms. The van der Waals surface area contributed by atoms with Crippen LogP contribution in [0, 0.1) is 0 Å². The summed E-state index contributed by atoms with van der Waals surface area (Å²) in [6, 6.07) is 8.48. The highest BCUT2D eigenvalue weighted by Crippen LogP contribution is 2.28. The lowest BCUT2D eigenvalue weighted by Crippen LogP contribution is -2.26. The largest absolute Gasteiger partial charge is 0.495 e. The number of hydrogen-bond acceptors (Lipinski definition) is 7. The number of amides is 1. The highest BCUT2D eigenvalue weighted by atomic mass is 35.5. The second-order valence-corrected chi connectivity index (χ2v) is 7.48. The van der Waals surface area contributed by atoms with Gasteiger partial charge in [0.15, 0.2) is 10.8 Å². The third kappa shape index (κ3) is 4.05. The third-order valence-electron chi connectivity index (χ3n) is 4.22. The zero-order valence-electron chi connectivity index (χ0n) is 15.7. The van der Waals surface area contributed by atoms with Crippen LogP contribution in [0.5, 0.6) is 5.75 Å². The van der Waals surface area contributed by atoms with Crippen molar-refractivity contribution in [3.63, 3.8) is 0 Å². The molecule has 1 amide bonds. The van der Waals surface area contributed by atoms with E-state index in [1.54, 1.807) is 36.6 Å². The fraction of sp³-hybridized carbons (Fsp3) is 0.158. The third-order valence-corrected chi connectivity index (χ3v) is 5.45. The molecule has 154 valence electrons. The molecule has 0 bridgehead atoms. The molecule has 0 unspecified atom stereocenters. The number of H-pyrrole nitrogens is 1. The molecule has 0 atom stereocenters. The number of carbonyl (C=O) groups is 1. The van der Waals surface area contributed by atoms with Gasteiger partial charge in [-0.2, -0.15) is 5.10 Å². The van der Waals surface area contributed by atoms with Crippen LogP contribution in [0.15, 0.2) is 57.2 Å². The quantitative estimate of drug-likeness (QED) is 0.332. The van der Waals surface area contributed by atoms with Crippen molar-refractivity contribution in [3.05, 3.63) is 63.9 Å². The maximum Gasteiger partial charge on any atom is 0.269 e. The molecule has 11 heteroatoms. The molecule has 0 spiro atoms. The number of fused-ring (bicyclic) bond motifs is 1. The Bertz CT molecular complexity index is 1250. The molecule has 0 aliphatic heterocycles. The fourth-order valence-corrected chi connectivity index (χ4v) is 3.86. The number of nitrogens with one attached hydrogen (secondary N) is 2. The molecule has 0 aliphatic carbocycles. The van der Waals surface area contributed by atoms with Gasteiger partial charge in [-0.25, -0.2) is 4.98 Å². The molecule has 0 fully saturated rings. The summed E-state index contributed by atoms with van der Waals surface area (Å²) >= 11 is 7.36. The van der Waals surface area contributed by atoms with E-state index in [0.717, 1.165) is 11.8 Å². The molecule has 0 saturated carbocycles. The van der Waals surface area contributed by atoms with E-state index in [0.29, 0.717) is 38.4 Å².